The van der Waals surface area contributed by atoms with Crippen molar-refractivity contribution in [2.45, 2.75) is 0 Å². The van der Waals surface area contributed by atoms with E-state index in [2.05, 4.69) is 15.3 Å². The molecular weight excluding hydrogens is 382 g/mol. The summed E-state index contributed by atoms with van der Waals surface area (Å²) < 4.78 is 23.8. The van der Waals surface area contributed by atoms with Crippen LogP contribution >= 0.6 is 24.0 Å². The summed E-state index contributed by atoms with van der Waals surface area (Å²) in [5.74, 6) is 0.573. The minimum atomic E-state index is -0.484. The third-order valence-corrected chi connectivity index (χ3v) is 3.78. The van der Waals surface area contributed by atoms with E-state index in [1.165, 1.54) is 18.5 Å². The molecule has 0 unspecified atom stereocenters. The summed E-state index contributed by atoms with van der Waals surface area (Å²) in [6.07, 6.45) is 1.42. The number of rotatable bonds is 6. The number of nitrogen functional groups attached to an aromatic ring is 1. The van der Waals surface area contributed by atoms with E-state index in [-0.39, 0.29) is 17.4 Å². The molecule has 0 bridgehead atoms. The van der Waals surface area contributed by atoms with Gasteiger partial charge >= 0.3 is 0 Å². The van der Waals surface area contributed by atoms with Crippen LogP contribution in [0.25, 0.3) is 10.9 Å². The van der Waals surface area contributed by atoms with Crippen LogP contribution in [0.1, 0.15) is 0 Å². The number of halogens is 3. The third-order valence-electron chi connectivity index (χ3n) is 3.49. The lowest BCUT2D eigenvalue weighted by Gasteiger charge is -2.12. The van der Waals surface area contributed by atoms with Gasteiger partial charge in [-0.25, -0.2) is 14.4 Å². The first-order valence-electron chi connectivity index (χ1n) is 7.46. The van der Waals surface area contributed by atoms with Crippen LogP contribution in [0.3, 0.4) is 0 Å². The van der Waals surface area contributed by atoms with E-state index in [0.29, 0.717) is 47.1 Å². The molecule has 0 atom stereocenters. The minimum Gasteiger partial charge on any atom is -0.489 e. The molecule has 26 heavy (non-hydrogen) atoms. The highest BCUT2D eigenvalue weighted by molar-refractivity contribution is 6.31. The molecule has 2 aromatic carbocycles. The first kappa shape index (κ1) is 20.0. The lowest BCUT2D eigenvalue weighted by molar-refractivity contribution is 0.147. The van der Waals surface area contributed by atoms with Gasteiger partial charge in [-0.15, -0.1) is 12.4 Å². The van der Waals surface area contributed by atoms with Crippen molar-refractivity contribution < 1.29 is 13.9 Å². The summed E-state index contributed by atoms with van der Waals surface area (Å²) >= 11 is 5.81. The van der Waals surface area contributed by atoms with E-state index in [1.54, 1.807) is 25.3 Å². The van der Waals surface area contributed by atoms with Gasteiger partial charge in [0.25, 0.3) is 0 Å². The maximum atomic E-state index is 13.3. The van der Waals surface area contributed by atoms with Gasteiger partial charge in [-0.3, -0.25) is 0 Å². The first-order chi connectivity index (χ1) is 12.1. The van der Waals surface area contributed by atoms with Gasteiger partial charge in [0.1, 0.15) is 30.3 Å². The van der Waals surface area contributed by atoms with Crippen molar-refractivity contribution in [2.75, 3.05) is 31.4 Å². The molecule has 0 radical (unpaired) electrons. The van der Waals surface area contributed by atoms with Crippen LogP contribution < -0.4 is 15.8 Å². The van der Waals surface area contributed by atoms with Crippen molar-refractivity contribution in [3.05, 3.63) is 47.5 Å². The molecule has 3 N–H and O–H groups in total. The van der Waals surface area contributed by atoms with Gasteiger partial charge in [0, 0.05) is 24.2 Å². The van der Waals surface area contributed by atoms with E-state index in [4.69, 9.17) is 26.8 Å². The zero-order valence-corrected chi connectivity index (χ0v) is 15.4. The molecular formula is C17H17Cl2FN4O2. The van der Waals surface area contributed by atoms with Crippen molar-refractivity contribution >= 4 is 52.1 Å². The van der Waals surface area contributed by atoms with Gasteiger partial charge in [-0.2, -0.15) is 0 Å². The molecule has 0 fully saturated rings. The molecule has 3 aromatic rings. The van der Waals surface area contributed by atoms with E-state index >= 15 is 0 Å². The molecule has 1 heterocycles. The number of aromatic nitrogens is 2. The molecule has 0 aliphatic carbocycles. The normalized spacial score (nSPS) is 10.4. The zero-order chi connectivity index (χ0) is 17.8. The van der Waals surface area contributed by atoms with E-state index in [0.717, 1.165) is 0 Å². The molecule has 0 spiro atoms. The van der Waals surface area contributed by atoms with Gasteiger partial charge in [-0.1, -0.05) is 11.6 Å². The number of anilines is 3. The molecule has 3 rings (SSSR count). The average Bonchev–Trinajstić information content (AvgIpc) is 2.59. The van der Waals surface area contributed by atoms with Gasteiger partial charge in [0.15, 0.2) is 0 Å². The monoisotopic (exact) mass is 398 g/mol. The summed E-state index contributed by atoms with van der Waals surface area (Å²) in [4.78, 5) is 8.47. The van der Waals surface area contributed by atoms with Crippen LogP contribution in [0.5, 0.6) is 5.75 Å². The fourth-order valence-corrected chi connectivity index (χ4v) is 2.45. The predicted molar refractivity (Wildman–Crippen MR) is 103 cm³/mol. The van der Waals surface area contributed by atoms with Gasteiger partial charge in [-0.05, 0) is 24.3 Å². The van der Waals surface area contributed by atoms with Crippen LogP contribution in [0.15, 0.2) is 36.7 Å². The number of fused-ring (bicyclic) bond motifs is 1. The molecule has 138 valence electrons. The molecule has 0 amide bonds. The summed E-state index contributed by atoms with van der Waals surface area (Å²) in [5.41, 5.74) is 7.77. The molecule has 1 aromatic heterocycles. The van der Waals surface area contributed by atoms with Crippen LogP contribution in [0.4, 0.5) is 21.6 Å². The van der Waals surface area contributed by atoms with Crippen molar-refractivity contribution in [1.82, 2.24) is 9.97 Å². The second kappa shape index (κ2) is 8.84. The summed E-state index contributed by atoms with van der Waals surface area (Å²) in [5, 5.41) is 3.83. The lowest BCUT2D eigenvalue weighted by atomic mass is 10.2. The first-order valence-corrected chi connectivity index (χ1v) is 7.84. The predicted octanol–water partition coefficient (Wildman–Crippen LogP) is 4.20. The Morgan fingerprint density at radius 3 is 2.73 bits per heavy atom. The van der Waals surface area contributed by atoms with Crippen LogP contribution in [0.2, 0.25) is 5.02 Å². The Hall–Kier alpha value is -2.35. The average molecular weight is 399 g/mol. The number of hydrogen-bond acceptors (Lipinski definition) is 6. The minimum absolute atomic E-state index is 0. The Bertz CT molecular complexity index is 911. The van der Waals surface area contributed by atoms with Crippen LogP contribution in [0, 0.1) is 5.82 Å². The highest BCUT2D eigenvalue weighted by Crippen LogP contribution is 2.31. The second-order valence-electron chi connectivity index (χ2n) is 5.22. The standard InChI is InChI=1S/C17H16ClFN4O2.ClH/c1-24-4-5-25-16-8-15-11(7-14(16)20)17(22-9-21-15)23-10-2-3-13(19)12(18)6-10;/h2-3,6-9H,4-5,20H2,1H3,(H,21,22,23);1H. The summed E-state index contributed by atoms with van der Waals surface area (Å²) in [6, 6.07) is 7.80. The topological polar surface area (TPSA) is 82.3 Å². The van der Waals surface area contributed by atoms with Crippen molar-refractivity contribution in [2.24, 2.45) is 0 Å². The Kier molecular flexibility index (Phi) is 6.79. The number of ether oxygens (including phenoxy) is 2. The van der Waals surface area contributed by atoms with Gasteiger partial charge in [0.2, 0.25) is 0 Å². The Morgan fingerprint density at radius 2 is 2.00 bits per heavy atom. The fraction of sp³-hybridized carbons (Fsp3) is 0.176. The maximum Gasteiger partial charge on any atom is 0.144 e. The molecule has 9 heteroatoms. The number of benzene rings is 2. The van der Waals surface area contributed by atoms with Crippen LogP contribution in [-0.2, 0) is 4.74 Å². The number of nitrogens with one attached hydrogen (secondary N) is 1. The van der Waals surface area contributed by atoms with Gasteiger partial charge in [0.05, 0.1) is 22.8 Å². The quantitative estimate of drug-likeness (QED) is 0.478. The molecule has 0 saturated carbocycles. The zero-order valence-electron chi connectivity index (χ0n) is 13.8. The number of nitrogens with two attached hydrogens (primary N) is 1. The van der Waals surface area contributed by atoms with Crippen molar-refractivity contribution in [3.8, 4) is 5.75 Å². The van der Waals surface area contributed by atoms with Crippen LogP contribution in [-0.4, -0.2) is 30.3 Å². The SMILES string of the molecule is COCCOc1cc2ncnc(Nc3ccc(F)c(Cl)c3)c2cc1N.Cl. The number of nitrogens with zero attached hydrogens (tertiary/aromatic N) is 2. The molecule has 6 nitrogen and oxygen atoms in total. The smallest absolute Gasteiger partial charge is 0.144 e. The second-order valence-corrected chi connectivity index (χ2v) is 5.63. The fourth-order valence-electron chi connectivity index (χ4n) is 2.27. The Labute approximate surface area is 160 Å². The van der Waals surface area contributed by atoms with E-state index in [1.807, 2.05) is 0 Å². The Balaban J connectivity index is 0.00000243. The van der Waals surface area contributed by atoms with Crippen molar-refractivity contribution in [1.29, 1.82) is 0 Å². The van der Waals surface area contributed by atoms with E-state index in [9.17, 15) is 4.39 Å². The third kappa shape index (κ3) is 4.43. The highest BCUT2D eigenvalue weighted by atomic mass is 35.5. The summed E-state index contributed by atoms with van der Waals surface area (Å²) in [6.45, 7) is 0.843. The number of methoxy groups -OCH3 is 1. The summed E-state index contributed by atoms with van der Waals surface area (Å²) in [7, 11) is 1.60. The molecule has 0 aliphatic rings. The van der Waals surface area contributed by atoms with E-state index < -0.39 is 5.82 Å². The number of hydrogen-bond donors (Lipinski definition) is 2. The van der Waals surface area contributed by atoms with Crippen molar-refractivity contribution in [3.63, 3.8) is 0 Å². The highest BCUT2D eigenvalue weighted by Gasteiger charge is 2.10. The Morgan fingerprint density at radius 1 is 1.19 bits per heavy atom. The lowest BCUT2D eigenvalue weighted by Crippen LogP contribution is -2.06. The maximum absolute atomic E-state index is 13.3. The molecule has 0 saturated heterocycles. The van der Waals surface area contributed by atoms with Gasteiger partial charge < -0.3 is 20.5 Å². The molecule has 0 aliphatic heterocycles. The largest absolute Gasteiger partial charge is 0.489 e.